The van der Waals surface area contributed by atoms with Crippen LogP contribution in [0.4, 0.5) is 19.0 Å². The van der Waals surface area contributed by atoms with E-state index in [0.29, 0.717) is 12.5 Å². The first-order valence-corrected chi connectivity index (χ1v) is 11.2. The molecule has 1 aliphatic rings. The summed E-state index contributed by atoms with van der Waals surface area (Å²) >= 11 is 0. The number of anilines is 1. The van der Waals surface area contributed by atoms with Crippen molar-refractivity contribution in [2.75, 3.05) is 18.5 Å². The van der Waals surface area contributed by atoms with Crippen LogP contribution in [0.2, 0.25) is 0 Å². The second-order valence-corrected chi connectivity index (χ2v) is 8.22. The van der Waals surface area contributed by atoms with Crippen molar-refractivity contribution >= 4 is 11.8 Å². The van der Waals surface area contributed by atoms with Crippen LogP contribution >= 0.6 is 0 Å². The normalized spacial score (nSPS) is 13.3. The number of nitrogens with zero attached hydrogens (tertiary/aromatic N) is 5. The lowest BCUT2D eigenvalue weighted by atomic mass is 9.92. The Morgan fingerprint density at radius 3 is 2.46 bits per heavy atom. The second kappa shape index (κ2) is 11.2. The summed E-state index contributed by atoms with van der Waals surface area (Å²) in [7, 11) is 0. The van der Waals surface area contributed by atoms with E-state index >= 15 is 0 Å². The number of halogens is 3. The van der Waals surface area contributed by atoms with Gasteiger partial charge in [-0.3, -0.25) is 0 Å². The molecule has 0 aliphatic carbocycles. The Labute approximate surface area is 210 Å². The zero-order valence-corrected chi connectivity index (χ0v) is 19.7. The zero-order valence-electron chi connectivity index (χ0n) is 19.7. The molecular formula is C25H23F3N6O3. The molecular weight excluding hydrogens is 489 g/mol. The third-order valence-corrected chi connectivity index (χ3v) is 5.58. The molecule has 3 heterocycles. The third-order valence-electron chi connectivity index (χ3n) is 5.58. The van der Waals surface area contributed by atoms with Crippen LogP contribution in [0.1, 0.15) is 22.6 Å². The van der Waals surface area contributed by atoms with Crippen LogP contribution in [0.5, 0.6) is 0 Å². The number of benzene rings is 2. The van der Waals surface area contributed by atoms with Gasteiger partial charge in [0.15, 0.2) is 5.82 Å². The Morgan fingerprint density at radius 2 is 1.86 bits per heavy atom. The summed E-state index contributed by atoms with van der Waals surface area (Å²) in [5.74, 6) is -0.745. The average Bonchev–Trinajstić information content (AvgIpc) is 3.38. The molecule has 0 radical (unpaired) electrons. The van der Waals surface area contributed by atoms with Gasteiger partial charge in [-0.1, -0.05) is 41.6 Å². The molecule has 0 unspecified atom stereocenters. The predicted molar refractivity (Wildman–Crippen MR) is 128 cm³/mol. The van der Waals surface area contributed by atoms with Crippen molar-refractivity contribution in [3.8, 4) is 17.1 Å². The maximum absolute atomic E-state index is 10.6. The van der Waals surface area contributed by atoms with Gasteiger partial charge in [0.1, 0.15) is 5.82 Å². The Kier molecular flexibility index (Phi) is 7.77. The number of aromatic nitrogens is 5. The monoisotopic (exact) mass is 512 g/mol. The van der Waals surface area contributed by atoms with E-state index in [9.17, 15) is 13.2 Å². The molecule has 0 bridgehead atoms. The van der Waals surface area contributed by atoms with Crippen molar-refractivity contribution in [2.24, 2.45) is 0 Å². The third kappa shape index (κ3) is 6.47. The molecule has 2 aromatic carbocycles. The Morgan fingerprint density at radius 1 is 1.16 bits per heavy atom. The SMILES string of the molecule is Cc1cnc(-c2ccccc2C2COC2)nc1NCc1ccc(-n2ccnn2)cc1.O=C(O)C(F)(F)F. The Hall–Kier alpha value is -4.32. The summed E-state index contributed by atoms with van der Waals surface area (Å²) in [4.78, 5) is 18.3. The first-order valence-electron chi connectivity index (χ1n) is 11.2. The lowest BCUT2D eigenvalue weighted by Gasteiger charge is -2.28. The van der Waals surface area contributed by atoms with Gasteiger partial charge in [-0.15, -0.1) is 5.10 Å². The summed E-state index contributed by atoms with van der Waals surface area (Å²) in [6, 6.07) is 16.5. The van der Waals surface area contributed by atoms with Gasteiger partial charge in [0, 0.05) is 29.8 Å². The summed E-state index contributed by atoms with van der Waals surface area (Å²) in [6.07, 6.45) is 0.292. The van der Waals surface area contributed by atoms with Crippen LogP contribution in [-0.4, -0.2) is 55.4 Å². The molecule has 0 spiro atoms. The van der Waals surface area contributed by atoms with Gasteiger partial charge in [0.2, 0.25) is 0 Å². The highest BCUT2D eigenvalue weighted by atomic mass is 19.4. The van der Waals surface area contributed by atoms with Crippen LogP contribution in [0.3, 0.4) is 0 Å². The number of carboxylic acids is 1. The van der Waals surface area contributed by atoms with Crippen LogP contribution in [0.25, 0.3) is 17.1 Å². The minimum atomic E-state index is -5.08. The molecule has 192 valence electrons. The van der Waals surface area contributed by atoms with Gasteiger partial charge < -0.3 is 15.2 Å². The number of alkyl halides is 3. The molecule has 4 aromatic rings. The van der Waals surface area contributed by atoms with E-state index in [2.05, 4.69) is 50.9 Å². The molecule has 0 amide bonds. The fourth-order valence-electron chi connectivity index (χ4n) is 3.52. The molecule has 1 aliphatic heterocycles. The van der Waals surface area contributed by atoms with Crippen LogP contribution in [0.15, 0.2) is 67.1 Å². The zero-order chi connectivity index (χ0) is 26.4. The number of aryl methyl sites for hydroxylation is 1. The smallest absolute Gasteiger partial charge is 0.475 e. The predicted octanol–water partition coefficient (Wildman–Crippen LogP) is 4.39. The molecule has 1 saturated heterocycles. The number of ether oxygens (including phenoxy) is 1. The molecule has 0 saturated carbocycles. The molecule has 1 fully saturated rings. The fourth-order valence-corrected chi connectivity index (χ4v) is 3.52. The van der Waals surface area contributed by atoms with Gasteiger partial charge in [-0.05, 0) is 30.2 Å². The molecule has 9 nitrogen and oxygen atoms in total. The number of nitrogens with one attached hydrogen (secondary N) is 1. The largest absolute Gasteiger partial charge is 0.490 e. The van der Waals surface area contributed by atoms with Gasteiger partial charge in [0.05, 0.1) is 31.3 Å². The van der Waals surface area contributed by atoms with Crippen LogP contribution < -0.4 is 5.32 Å². The second-order valence-electron chi connectivity index (χ2n) is 8.22. The summed E-state index contributed by atoms with van der Waals surface area (Å²) < 4.78 is 38.9. The van der Waals surface area contributed by atoms with E-state index in [1.807, 2.05) is 37.5 Å². The average molecular weight is 512 g/mol. The number of hydrogen-bond donors (Lipinski definition) is 2. The van der Waals surface area contributed by atoms with E-state index < -0.39 is 12.1 Å². The van der Waals surface area contributed by atoms with Crippen molar-refractivity contribution in [3.63, 3.8) is 0 Å². The lowest BCUT2D eigenvalue weighted by molar-refractivity contribution is -0.192. The highest BCUT2D eigenvalue weighted by Crippen LogP contribution is 2.32. The molecule has 5 rings (SSSR count). The standard InChI is InChI=1S/C23H22N6O.C2HF3O2/c1-16-12-24-23(21-5-3-2-4-20(21)18-14-30-15-18)27-22(16)25-13-17-6-8-19(9-7-17)29-11-10-26-28-29;3-2(4,5)1(6)7/h2-12,18H,13-15H2,1H3,(H,24,25,27);(H,6,7). The number of aliphatic carboxylic acids is 1. The van der Waals surface area contributed by atoms with Crippen molar-refractivity contribution in [2.45, 2.75) is 25.6 Å². The van der Waals surface area contributed by atoms with Gasteiger partial charge >= 0.3 is 12.1 Å². The minimum absolute atomic E-state index is 0.422. The Balaban J connectivity index is 0.000000405. The highest BCUT2D eigenvalue weighted by molar-refractivity contribution is 5.73. The number of hydrogen-bond acceptors (Lipinski definition) is 7. The van der Waals surface area contributed by atoms with Crippen molar-refractivity contribution in [1.29, 1.82) is 0 Å². The van der Waals surface area contributed by atoms with Crippen LogP contribution in [0, 0.1) is 6.92 Å². The first-order chi connectivity index (χ1) is 17.7. The van der Waals surface area contributed by atoms with E-state index in [0.717, 1.165) is 47.2 Å². The van der Waals surface area contributed by atoms with Crippen molar-refractivity contribution < 1.29 is 27.8 Å². The van der Waals surface area contributed by atoms with E-state index in [-0.39, 0.29) is 0 Å². The number of carbonyl (C=O) groups is 1. The molecule has 12 heteroatoms. The number of carboxylic acid groups (broad SMARTS) is 1. The van der Waals surface area contributed by atoms with Crippen LogP contribution in [-0.2, 0) is 16.1 Å². The maximum Gasteiger partial charge on any atom is 0.490 e. The lowest BCUT2D eigenvalue weighted by Crippen LogP contribution is -2.25. The number of rotatable bonds is 6. The molecule has 0 atom stereocenters. The Bertz CT molecular complexity index is 1340. The van der Waals surface area contributed by atoms with Crippen molar-refractivity contribution in [3.05, 3.63) is 83.8 Å². The summed E-state index contributed by atoms with van der Waals surface area (Å²) in [5.41, 5.74) is 5.48. The van der Waals surface area contributed by atoms with Gasteiger partial charge in [-0.25, -0.2) is 19.4 Å². The van der Waals surface area contributed by atoms with E-state index in [4.69, 9.17) is 19.6 Å². The quantitative estimate of drug-likeness (QED) is 0.391. The minimum Gasteiger partial charge on any atom is -0.475 e. The summed E-state index contributed by atoms with van der Waals surface area (Å²) in [5, 5.41) is 18.4. The fraction of sp³-hybridized carbons (Fsp3) is 0.240. The first kappa shape index (κ1) is 25.8. The van der Waals surface area contributed by atoms with E-state index in [1.54, 1.807) is 10.9 Å². The van der Waals surface area contributed by atoms with Crippen molar-refractivity contribution in [1.82, 2.24) is 25.0 Å². The molecule has 2 aromatic heterocycles. The molecule has 37 heavy (non-hydrogen) atoms. The molecule has 2 N–H and O–H groups in total. The highest BCUT2D eigenvalue weighted by Gasteiger charge is 2.38. The maximum atomic E-state index is 10.6. The van der Waals surface area contributed by atoms with Gasteiger partial charge in [-0.2, -0.15) is 13.2 Å². The topological polar surface area (TPSA) is 115 Å². The summed E-state index contributed by atoms with van der Waals surface area (Å²) in [6.45, 7) is 4.22. The van der Waals surface area contributed by atoms with Gasteiger partial charge in [0.25, 0.3) is 0 Å². The van der Waals surface area contributed by atoms with E-state index in [1.165, 1.54) is 5.56 Å².